The van der Waals surface area contributed by atoms with E-state index in [1.54, 1.807) is 11.3 Å². The van der Waals surface area contributed by atoms with Gasteiger partial charge in [0.2, 0.25) is 0 Å². The van der Waals surface area contributed by atoms with E-state index in [-0.39, 0.29) is 0 Å². The summed E-state index contributed by atoms with van der Waals surface area (Å²) in [6.45, 7) is 0.958. The van der Waals surface area contributed by atoms with Crippen molar-refractivity contribution in [1.82, 2.24) is 0 Å². The van der Waals surface area contributed by atoms with Crippen LogP contribution in [0.25, 0.3) is 0 Å². The standard InChI is InChI=1S/C15H15Cl2NS/c16-8-12-7-13(17)1-4-15(12)18(14-2-3-14)9-11-5-6-19-10-11/h1,4-7,10,14H,2-3,8-9H2. The summed E-state index contributed by atoms with van der Waals surface area (Å²) in [4.78, 5) is 2.47. The second kappa shape index (κ2) is 5.74. The maximum absolute atomic E-state index is 6.07. The number of halogens is 2. The molecular formula is C15H15Cl2NS. The summed E-state index contributed by atoms with van der Waals surface area (Å²) in [5, 5.41) is 5.10. The number of alkyl halides is 1. The molecule has 19 heavy (non-hydrogen) atoms. The highest BCUT2D eigenvalue weighted by Gasteiger charge is 2.30. The van der Waals surface area contributed by atoms with Crippen molar-refractivity contribution in [1.29, 1.82) is 0 Å². The molecule has 0 aliphatic heterocycles. The fourth-order valence-corrected chi connectivity index (χ4v) is 3.39. The molecule has 0 bridgehead atoms. The van der Waals surface area contributed by atoms with E-state index in [4.69, 9.17) is 23.2 Å². The van der Waals surface area contributed by atoms with Crippen molar-refractivity contribution in [2.45, 2.75) is 31.3 Å². The molecular weight excluding hydrogens is 297 g/mol. The Bertz CT molecular complexity index is 549. The Morgan fingerprint density at radius 2 is 2.11 bits per heavy atom. The number of nitrogens with zero attached hydrogens (tertiary/aromatic N) is 1. The minimum Gasteiger partial charge on any atom is -0.364 e. The van der Waals surface area contributed by atoms with Gasteiger partial charge in [-0.05, 0) is 59.0 Å². The van der Waals surface area contributed by atoms with Gasteiger partial charge in [-0.25, -0.2) is 0 Å². The highest BCUT2D eigenvalue weighted by atomic mass is 35.5. The summed E-state index contributed by atoms with van der Waals surface area (Å²) in [7, 11) is 0. The molecule has 1 aromatic carbocycles. The topological polar surface area (TPSA) is 3.24 Å². The van der Waals surface area contributed by atoms with Crippen molar-refractivity contribution < 1.29 is 0 Å². The zero-order valence-corrected chi connectivity index (χ0v) is 12.8. The lowest BCUT2D eigenvalue weighted by atomic mass is 10.1. The molecule has 1 fully saturated rings. The molecule has 1 heterocycles. The van der Waals surface area contributed by atoms with Gasteiger partial charge in [0.25, 0.3) is 0 Å². The quantitative estimate of drug-likeness (QED) is 0.676. The first kappa shape index (κ1) is 13.3. The first-order chi connectivity index (χ1) is 9.28. The van der Waals surface area contributed by atoms with Crippen LogP contribution in [0.4, 0.5) is 5.69 Å². The third kappa shape index (κ3) is 3.07. The summed E-state index contributed by atoms with van der Waals surface area (Å²) in [6, 6.07) is 8.88. The van der Waals surface area contributed by atoms with Gasteiger partial charge in [0.15, 0.2) is 0 Å². The van der Waals surface area contributed by atoms with Gasteiger partial charge in [0.1, 0.15) is 0 Å². The fraction of sp³-hybridized carbons (Fsp3) is 0.333. The maximum atomic E-state index is 6.07. The maximum Gasteiger partial charge on any atom is 0.0495 e. The molecule has 1 aliphatic carbocycles. The molecule has 3 rings (SSSR count). The Labute approximate surface area is 127 Å². The number of anilines is 1. The number of hydrogen-bond donors (Lipinski definition) is 0. The van der Waals surface area contributed by atoms with Crippen LogP contribution in [0.5, 0.6) is 0 Å². The Kier molecular flexibility index (Phi) is 4.01. The smallest absolute Gasteiger partial charge is 0.0495 e. The van der Waals surface area contributed by atoms with Gasteiger partial charge in [0.05, 0.1) is 0 Å². The van der Waals surface area contributed by atoms with Crippen LogP contribution < -0.4 is 4.90 Å². The van der Waals surface area contributed by atoms with Gasteiger partial charge < -0.3 is 4.90 Å². The summed E-state index contributed by atoms with van der Waals surface area (Å²) >= 11 is 13.9. The van der Waals surface area contributed by atoms with Crippen LogP contribution in [0.2, 0.25) is 5.02 Å². The summed E-state index contributed by atoms with van der Waals surface area (Å²) in [6.07, 6.45) is 2.54. The number of hydrogen-bond acceptors (Lipinski definition) is 2. The van der Waals surface area contributed by atoms with E-state index < -0.39 is 0 Å². The normalized spacial score (nSPS) is 14.6. The summed E-state index contributed by atoms with van der Waals surface area (Å²) < 4.78 is 0. The van der Waals surface area contributed by atoms with Crippen LogP contribution in [-0.4, -0.2) is 6.04 Å². The average Bonchev–Trinajstić information content (AvgIpc) is 3.13. The molecule has 0 spiro atoms. The molecule has 0 saturated heterocycles. The minimum absolute atomic E-state index is 0.503. The number of rotatable bonds is 5. The molecule has 1 saturated carbocycles. The third-order valence-electron chi connectivity index (χ3n) is 3.42. The van der Waals surface area contributed by atoms with Gasteiger partial charge in [0, 0.05) is 29.2 Å². The van der Waals surface area contributed by atoms with Crippen molar-refractivity contribution >= 4 is 40.2 Å². The molecule has 1 aromatic heterocycles. The van der Waals surface area contributed by atoms with E-state index in [9.17, 15) is 0 Å². The van der Waals surface area contributed by atoms with Crippen LogP contribution in [0.3, 0.4) is 0 Å². The van der Waals surface area contributed by atoms with Gasteiger partial charge in [-0.3, -0.25) is 0 Å². The molecule has 1 nitrogen and oxygen atoms in total. The van der Waals surface area contributed by atoms with E-state index >= 15 is 0 Å². The molecule has 0 radical (unpaired) electrons. The predicted octanol–water partition coefficient (Wildman–Crippen LogP) is 5.31. The highest BCUT2D eigenvalue weighted by Crippen LogP contribution is 2.36. The number of benzene rings is 1. The highest BCUT2D eigenvalue weighted by molar-refractivity contribution is 7.07. The lowest BCUT2D eigenvalue weighted by molar-refractivity contribution is 0.792. The van der Waals surface area contributed by atoms with Gasteiger partial charge in [-0.1, -0.05) is 11.6 Å². The molecule has 2 aromatic rings. The van der Waals surface area contributed by atoms with Crippen LogP contribution in [0, 0.1) is 0 Å². The van der Waals surface area contributed by atoms with E-state index in [0.29, 0.717) is 11.9 Å². The molecule has 0 atom stereocenters. The second-order valence-corrected chi connectivity index (χ2v) is 6.38. The van der Waals surface area contributed by atoms with E-state index in [0.717, 1.165) is 17.1 Å². The number of thiophene rings is 1. The van der Waals surface area contributed by atoms with Gasteiger partial charge >= 0.3 is 0 Å². The van der Waals surface area contributed by atoms with Crippen LogP contribution in [0.15, 0.2) is 35.0 Å². The molecule has 100 valence electrons. The molecule has 0 amide bonds. The van der Waals surface area contributed by atoms with Gasteiger partial charge in [-0.2, -0.15) is 11.3 Å². The monoisotopic (exact) mass is 311 g/mol. The molecule has 4 heteroatoms. The zero-order valence-electron chi connectivity index (χ0n) is 10.5. The molecule has 0 unspecified atom stereocenters. The second-order valence-electron chi connectivity index (χ2n) is 4.90. The summed E-state index contributed by atoms with van der Waals surface area (Å²) in [5.74, 6) is 0.503. The van der Waals surface area contributed by atoms with E-state index in [1.165, 1.54) is 24.1 Å². The lowest BCUT2D eigenvalue weighted by Gasteiger charge is -2.26. The lowest BCUT2D eigenvalue weighted by Crippen LogP contribution is -2.25. The van der Waals surface area contributed by atoms with Crippen molar-refractivity contribution in [3.63, 3.8) is 0 Å². The van der Waals surface area contributed by atoms with E-state index in [2.05, 4.69) is 27.8 Å². The van der Waals surface area contributed by atoms with Crippen LogP contribution >= 0.6 is 34.5 Å². The van der Waals surface area contributed by atoms with Crippen molar-refractivity contribution in [2.75, 3.05) is 4.90 Å². The Hall–Kier alpha value is -0.700. The Balaban J connectivity index is 1.91. The first-order valence-electron chi connectivity index (χ1n) is 6.40. The van der Waals surface area contributed by atoms with Crippen molar-refractivity contribution in [3.05, 3.63) is 51.2 Å². The first-order valence-corrected chi connectivity index (χ1v) is 8.25. The van der Waals surface area contributed by atoms with Crippen LogP contribution in [0.1, 0.15) is 24.0 Å². The predicted molar refractivity (Wildman–Crippen MR) is 84.5 cm³/mol. The Morgan fingerprint density at radius 3 is 2.74 bits per heavy atom. The molecule has 1 aliphatic rings. The minimum atomic E-state index is 0.503. The Morgan fingerprint density at radius 1 is 1.26 bits per heavy atom. The SMILES string of the molecule is ClCc1cc(Cl)ccc1N(Cc1ccsc1)C1CC1. The van der Waals surface area contributed by atoms with Crippen LogP contribution in [-0.2, 0) is 12.4 Å². The summed E-state index contributed by atoms with van der Waals surface area (Å²) in [5.41, 5.74) is 3.72. The van der Waals surface area contributed by atoms with Crippen molar-refractivity contribution in [2.24, 2.45) is 0 Å². The largest absolute Gasteiger partial charge is 0.364 e. The fourth-order valence-electron chi connectivity index (χ4n) is 2.32. The third-order valence-corrected chi connectivity index (χ3v) is 4.67. The van der Waals surface area contributed by atoms with Gasteiger partial charge in [-0.15, -0.1) is 11.6 Å². The van der Waals surface area contributed by atoms with Crippen molar-refractivity contribution in [3.8, 4) is 0 Å². The molecule has 0 N–H and O–H groups in total. The average molecular weight is 312 g/mol. The van der Waals surface area contributed by atoms with E-state index in [1.807, 2.05) is 12.1 Å². The zero-order chi connectivity index (χ0) is 13.2.